The number of ketones is 1. The van der Waals surface area contributed by atoms with Crippen LogP contribution in [0.2, 0.25) is 0 Å². The van der Waals surface area contributed by atoms with Crippen molar-refractivity contribution in [1.82, 2.24) is 5.32 Å². The van der Waals surface area contributed by atoms with Gasteiger partial charge < -0.3 is 10.4 Å². The third-order valence-electron chi connectivity index (χ3n) is 4.32. The fourth-order valence-corrected chi connectivity index (χ4v) is 2.53. The zero-order chi connectivity index (χ0) is 15.9. The van der Waals surface area contributed by atoms with E-state index in [-0.39, 0.29) is 23.7 Å². The first kappa shape index (κ1) is 17.4. The molecule has 0 fully saturated rings. The summed E-state index contributed by atoms with van der Waals surface area (Å²) in [5.41, 5.74) is 0.765. The molecule has 4 nitrogen and oxygen atoms in total. The molecule has 0 radical (unpaired) electrons. The second kappa shape index (κ2) is 7.93. The maximum Gasteiger partial charge on any atom is 0.252 e. The van der Waals surface area contributed by atoms with E-state index in [0.717, 1.165) is 12.8 Å². The SMILES string of the molecule is CCC(CC)(CCO)CNC(=O)c1ccccc1C(C)=O. The Kier molecular flexibility index (Phi) is 6.56. The Morgan fingerprint density at radius 2 is 1.71 bits per heavy atom. The summed E-state index contributed by atoms with van der Waals surface area (Å²) < 4.78 is 0. The molecule has 0 aliphatic rings. The molecule has 1 rings (SSSR count). The van der Waals surface area contributed by atoms with Gasteiger partial charge in [0.05, 0.1) is 5.56 Å². The van der Waals surface area contributed by atoms with Gasteiger partial charge in [0, 0.05) is 18.7 Å². The van der Waals surface area contributed by atoms with Gasteiger partial charge in [0.2, 0.25) is 0 Å². The maximum atomic E-state index is 12.3. The molecule has 0 saturated carbocycles. The van der Waals surface area contributed by atoms with Gasteiger partial charge in [-0.15, -0.1) is 0 Å². The van der Waals surface area contributed by atoms with E-state index in [1.165, 1.54) is 6.92 Å². The zero-order valence-corrected chi connectivity index (χ0v) is 13.1. The van der Waals surface area contributed by atoms with E-state index in [1.807, 2.05) is 0 Å². The average molecular weight is 291 g/mol. The normalized spacial score (nSPS) is 11.2. The number of aliphatic hydroxyl groups is 1. The van der Waals surface area contributed by atoms with Gasteiger partial charge in [-0.3, -0.25) is 9.59 Å². The summed E-state index contributed by atoms with van der Waals surface area (Å²) in [5.74, 6) is -0.349. The van der Waals surface area contributed by atoms with Crippen LogP contribution in [0.5, 0.6) is 0 Å². The van der Waals surface area contributed by atoms with Crippen LogP contribution in [0.25, 0.3) is 0 Å². The topological polar surface area (TPSA) is 66.4 Å². The third kappa shape index (κ3) is 4.39. The van der Waals surface area contributed by atoms with Gasteiger partial charge in [0.25, 0.3) is 5.91 Å². The van der Waals surface area contributed by atoms with Crippen molar-refractivity contribution >= 4 is 11.7 Å². The monoisotopic (exact) mass is 291 g/mol. The number of carbonyl (C=O) groups is 2. The van der Waals surface area contributed by atoms with Crippen molar-refractivity contribution in [3.05, 3.63) is 35.4 Å². The molecule has 21 heavy (non-hydrogen) atoms. The van der Waals surface area contributed by atoms with Crippen LogP contribution in [0, 0.1) is 5.41 Å². The summed E-state index contributed by atoms with van der Waals surface area (Å²) in [5, 5.41) is 12.1. The molecule has 1 aromatic rings. The van der Waals surface area contributed by atoms with Gasteiger partial charge in [-0.05, 0) is 37.7 Å². The van der Waals surface area contributed by atoms with Crippen LogP contribution in [0.15, 0.2) is 24.3 Å². The number of aliphatic hydroxyl groups excluding tert-OH is 1. The first-order valence-electron chi connectivity index (χ1n) is 7.48. The van der Waals surface area contributed by atoms with Crippen molar-refractivity contribution in [2.45, 2.75) is 40.0 Å². The van der Waals surface area contributed by atoms with E-state index in [4.69, 9.17) is 0 Å². The lowest BCUT2D eigenvalue weighted by Crippen LogP contribution is -2.38. The van der Waals surface area contributed by atoms with E-state index in [9.17, 15) is 14.7 Å². The van der Waals surface area contributed by atoms with Crippen molar-refractivity contribution in [1.29, 1.82) is 0 Å². The van der Waals surface area contributed by atoms with E-state index >= 15 is 0 Å². The van der Waals surface area contributed by atoms with E-state index in [1.54, 1.807) is 24.3 Å². The first-order valence-corrected chi connectivity index (χ1v) is 7.48. The molecule has 0 heterocycles. The van der Waals surface area contributed by atoms with Gasteiger partial charge in [-0.1, -0.05) is 32.0 Å². The van der Waals surface area contributed by atoms with Gasteiger partial charge >= 0.3 is 0 Å². The molecule has 0 aliphatic heterocycles. The second-order valence-corrected chi connectivity index (χ2v) is 5.47. The Hall–Kier alpha value is -1.68. The van der Waals surface area contributed by atoms with Crippen molar-refractivity contribution in [2.24, 2.45) is 5.41 Å². The number of nitrogens with one attached hydrogen (secondary N) is 1. The molecular formula is C17H25NO3. The number of benzene rings is 1. The van der Waals surface area contributed by atoms with Crippen molar-refractivity contribution in [3.8, 4) is 0 Å². The number of Topliss-reactive ketones (excluding diaryl/α,β-unsaturated/α-hetero) is 1. The lowest BCUT2D eigenvalue weighted by Gasteiger charge is -2.31. The third-order valence-corrected chi connectivity index (χ3v) is 4.32. The Balaban J connectivity index is 2.84. The Labute approximate surface area is 126 Å². The number of hydrogen-bond donors (Lipinski definition) is 2. The van der Waals surface area contributed by atoms with Crippen LogP contribution >= 0.6 is 0 Å². The molecule has 0 unspecified atom stereocenters. The smallest absolute Gasteiger partial charge is 0.252 e. The number of amides is 1. The van der Waals surface area contributed by atoms with Crippen molar-refractivity contribution < 1.29 is 14.7 Å². The lowest BCUT2D eigenvalue weighted by atomic mass is 9.79. The fourth-order valence-electron chi connectivity index (χ4n) is 2.53. The Morgan fingerprint density at radius 3 is 2.19 bits per heavy atom. The van der Waals surface area contributed by atoms with Crippen LogP contribution in [0.3, 0.4) is 0 Å². The van der Waals surface area contributed by atoms with Crippen molar-refractivity contribution in [2.75, 3.05) is 13.2 Å². The van der Waals surface area contributed by atoms with Gasteiger partial charge in [-0.25, -0.2) is 0 Å². The summed E-state index contributed by atoms with van der Waals surface area (Å²) >= 11 is 0. The maximum absolute atomic E-state index is 12.3. The van der Waals surface area contributed by atoms with Crippen LogP contribution in [0.4, 0.5) is 0 Å². The van der Waals surface area contributed by atoms with Crippen LogP contribution in [-0.4, -0.2) is 29.9 Å². The highest BCUT2D eigenvalue weighted by Gasteiger charge is 2.26. The quantitative estimate of drug-likeness (QED) is 0.724. The molecule has 0 spiro atoms. The first-order chi connectivity index (χ1) is 9.99. The Morgan fingerprint density at radius 1 is 1.14 bits per heavy atom. The molecular weight excluding hydrogens is 266 g/mol. The standard InChI is InChI=1S/C17H25NO3/c1-4-17(5-2,10-11-19)12-18-16(21)15-9-7-6-8-14(15)13(3)20/h6-9,19H,4-5,10-12H2,1-3H3,(H,18,21). The molecule has 1 aromatic carbocycles. The minimum atomic E-state index is -0.231. The predicted molar refractivity (Wildman–Crippen MR) is 83.5 cm³/mol. The summed E-state index contributed by atoms with van der Waals surface area (Å²) in [6, 6.07) is 6.83. The molecule has 0 aromatic heterocycles. The molecule has 0 bridgehead atoms. The van der Waals surface area contributed by atoms with Gasteiger partial charge in [-0.2, -0.15) is 0 Å². The fraction of sp³-hybridized carbons (Fsp3) is 0.529. The molecule has 2 N–H and O–H groups in total. The van der Waals surface area contributed by atoms with Crippen LogP contribution < -0.4 is 5.32 Å². The molecule has 4 heteroatoms. The molecule has 1 amide bonds. The summed E-state index contributed by atoms with van der Waals surface area (Å²) in [7, 11) is 0. The number of rotatable bonds is 8. The zero-order valence-electron chi connectivity index (χ0n) is 13.1. The lowest BCUT2D eigenvalue weighted by molar-refractivity contribution is 0.0898. The minimum absolute atomic E-state index is 0.0877. The summed E-state index contributed by atoms with van der Waals surface area (Å²) in [6.45, 7) is 6.21. The minimum Gasteiger partial charge on any atom is -0.396 e. The Bertz CT molecular complexity index is 493. The van der Waals surface area contributed by atoms with Crippen LogP contribution in [-0.2, 0) is 0 Å². The number of hydrogen-bond acceptors (Lipinski definition) is 3. The van der Waals surface area contributed by atoms with Crippen molar-refractivity contribution in [3.63, 3.8) is 0 Å². The summed E-state index contributed by atoms with van der Waals surface area (Å²) in [6.07, 6.45) is 2.44. The highest BCUT2D eigenvalue weighted by molar-refractivity contribution is 6.07. The highest BCUT2D eigenvalue weighted by atomic mass is 16.3. The van der Waals surface area contributed by atoms with Gasteiger partial charge in [0.1, 0.15) is 0 Å². The van der Waals surface area contributed by atoms with E-state index in [2.05, 4.69) is 19.2 Å². The van der Waals surface area contributed by atoms with E-state index < -0.39 is 0 Å². The number of carbonyl (C=O) groups excluding carboxylic acids is 2. The summed E-state index contributed by atoms with van der Waals surface area (Å²) in [4.78, 5) is 23.9. The average Bonchev–Trinajstić information content (AvgIpc) is 2.51. The molecule has 0 aliphatic carbocycles. The largest absolute Gasteiger partial charge is 0.396 e. The highest BCUT2D eigenvalue weighted by Crippen LogP contribution is 2.29. The molecule has 0 atom stereocenters. The van der Waals surface area contributed by atoms with E-state index in [0.29, 0.717) is 24.1 Å². The van der Waals surface area contributed by atoms with Gasteiger partial charge in [0.15, 0.2) is 5.78 Å². The molecule has 116 valence electrons. The predicted octanol–water partition coefficient (Wildman–Crippen LogP) is 2.81. The molecule has 0 saturated heterocycles. The van der Waals surface area contributed by atoms with Crippen LogP contribution in [0.1, 0.15) is 60.7 Å². The second-order valence-electron chi connectivity index (χ2n) is 5.47.